The molecule has 2 aromatic rings. The Morgan fingerprint density at radius 3 is 2.91 bits per heavy atom. The largest absolute Gasteiger partial charge is 0.463 e. The third-order valence-corrected chi connectivity index (χ3v) is 6.74. The number of likely N-dealkylation sites (tertiary alicyclic amines) is 1. The standard InChI is InChI=1S/C26H33N3O5/c30-16-21-8-6-12-29(21)24(31)14-18-7-2-1-3-11-25(32)34-17-20(28-26(18)33)13-19-15-27-23-10-5-4-9-22(19)23/h1-2,4-5,9-10,15,18,20-21,27,30H,3,6-8,11-14,16-17H2,(H,28,33). The number of aromatic nitrogens is 1. The van der Waals surface area contributed by atoms with E-state index in [9.17, 15) is 19.5 Å². The van der Waals surface area contributed by atoms with Gasteiger partial charge in [-0.3, -0.25) is 14.4 Å². The molecule has 2 amide bonds. The number of hydrogen-bond donors (Lipinski definition) is 3. The van der Waals surface area contributed by atoms with Crippen molar-refractivity contribution in [2.24, 2.45) is 5.92 Å². The average molecular weight is 468 g/mol. The van der Waals surface area contributed by atoms with Crippen LogP contribution in [0, 0.1) is 5.92 Å². The van der Waals surface area contributed by atoms with Gasteiger partial charge >= 0.3 is 5.97 Å². The van der Waals surface area contributed by atoms with Crippen LogP contribution in [0.4, 0.5) is 0 Å². The molecule has 1 aromatic heterocycles. The van der Waals surface area contributed by atoms with Gasteiger partial charge in [0.25, 0.3) is 0 Å². The van der Waals surface area contributed by atoms with Crippen LogP contribution < -0.4 is 5.32 Å². The molecule has 2 aliphatic rings. The van der Waals surface area contributed by atoms with Crippen LogP contribution in [0.5, 0.6) is 0 Å². The third kappa shape index (κ3) is 5.86. The molecule has 1 fully saturated rings. The highest BCUT2D eigenvalue weighted by atomic mass is 16.5. The van der Waals surface area contributed by atoms with Crippen molar-refractivity contribution >= 4 is 28.7 Å². The van der Waals surface area contributed by atoms with Crippen LogP contribution in [0.1, 0.15) is 44.1 Å². The average Bonchev–Trinajstić information content (AvgIpc) is 3.48. The Kier molecular flexibility index (Phi) is 8.00. The lowest BCUT2D eigenvalue weighted by molar-refractivity contribution is -0.145. The smallest absolute Gasteiger partial charge is 0.306 e. The topological polar surface area (TPSA) is 112 Å². The second kappa shape index (κ2) is 11.3. The molecule has 3 heterocycles. The molecule has 0 saturated carbocycles. The van der Waals surface area contributed by atoms with Gasteiger partial charge < -0.3 is 25.0 Å². The first-order valence-electron chi connectivity index (χ1n) is 12.1. The SMILES string of the molecule is O=C1CCC=CCC(CC(=O)N2CCCC2CO)C(=O)NC(Cc2c[nH]c3ccccc23)CO1. The predicted octanol–water partition coefficient (Wildman–Crippen LogP) is 2.47. The highest BCUT2D eigenvalue weighted by molar-refractivity contribution is 5.87. The number of allylic oxidation sites excluding steroid dienone is 2. The molecule has 2 aliphatic heterocycles. The number of ether oxygens (including phenoxy) is 1. The van der Waals surface area contributed by atoms with E-state index in [1.807, 2.05) is 42.6 Å². The molecule has 0 spiro atoms. The molecule has 8 heteroatoms. The summed E-state index contributed by atoms with van der Waals surface area (Å²) < 4.78 is 5.46. The Balaban J connectivity index is 1.50. The minimum Gasteiger partial charge on any atom is -0.463 e. The highest BCUT2D eigenvalue weighted by Gasteiger charge is 2.32. The maximum absolute atomic E-state index is 13.3. The van der Waals surface area contributed by atoms with Crippen molar-refractivity contribution in [2.75, 3.05) is 19.8 Å². The molecule has 4 rings (SSSR count). The van der Waals surface area contributed by atoms with Crippen molar-refractivity contribution in [1.29, 1.82) is 0 Å². The Morgan fingerprint density at radius 1 is 1.21 bits per heavy atom. The fraction of sp³-hybridized carbons (Fsp3) is 0.500. The molecule has 3 unspecified atom stereocenters. The summed E-state index contributed by atoms with van der Waals surface area (Å²) in [5.74, 6) is -1.14. The Labute approximate surface area is 199 Å². The lowest BCUT2D eigenvalue weighted by Gasteiger charge is -2.26. The van der Waals surface area contributed by atoms with Crippen molar-refractivity contribution in [3.05, 3.63) is 48.2 Å². The van der Waals surface area contributed by atoms with E-state index >= 15 is 0 Å². The van der Waals surface area contributed by atoms with Gasteiger partial charge in [-0.1, -0.05) is 30.4 Å². The number of aromatic amines is 1. The first kappa shape index (κ1) is 24.0. The number of carbonyl (C=O) groups excluding carboxylic acids is 3. The number of hydrogen-bond acceptors (Lipinski definition) is 5. The van der Waals surface area contributed by atoms with Crippen LogP contribution in [0.25, 0.3) is 10.9 Å². The zero-order valence-corrected chi connectivity index (χ0v) is 19.4. The fourth-order valence-corrected chi connectivity index (χ4v) is 4.85. The van der Waals surface area contributed by atoms with E-state index in [-0.39, 0.29) is 49.9 Å². The summed E-state index contributed by atoms with van der Waals surface area (Å²) in [4.78, 5) is 43.3. The van der Waals surface area contributed by atoms with Gasteiger partial charge in [-0.15, -0.1) is 0 Å². The Bertz CT molecular complexity index is 1050. The summed E-state index contributed by atoms with van der Waals surface area (Å²) in [7, 11) is 0. The van der Waals surface area contributed by atoms with Crippen LogP contribution in [-0.2, 0) is 25.5 Å². The number of aliphatic hydroxyl groups is 1. The van der Waals surface area contributed by atoms with E-state index in [2.05, 4.69) is 10.3 Å². The molecule has 3 atom stereocenters. The van der Waals surface area contributed by atoms with E-state index in [4.69, 9.17) is 4.74 Å². The predicted molar refractivity (Wildman–Crippen MR) is 128 cm³/mol. The minimum atomic E-state index is -0.524. The number of nitrogens with zero attached hydrogens (tertiary/aromatic N) is 1. The normalized spacial score (nSPS) is 24.4. The molecular formula is C26H33N3O5. The van der Waals surface area contributed by atoms with Crippen molar-refractivity contribution in [1.82, 2.24) is 15.2 Å². The van der Waals surface area contributed by atoms with Gasteiger partial charge in [0.1, 0.15) is 6.61 Å². The number of carbonyl (C=O) groups is 3. The molecule has 0 aliphatic carbocycles. The monoisotopic (exact) mass is 467 g/mol. The molecular weight excluding hydrogens is 434 g/mol. The molecule has 0 bridgehead atoms. The summed E-state index contributed by atoms with van der Waals surface area (Å²) in [5, 5.41) is 13.7. The quantitative estimate of drug-likeness (QED) is 0.462. The highest BCUT2D eigenvalue weighted by Crippen LogP contribution is 2.23. The number of H-pyrrole nitrogens is 1. The summed E-state index contributed by atoms with van der Waals surface area (Å²) in [6.07, 6.45) is 9.13. The molecule has 34 heavy (non-hydrogen) atoms. The van der Waals surface area contributed by atoms with Crippen molar-refractivity contribution < 1.29 is 24.2 Å². The summed E-state index contributed by atoms with van der Waals surface area (Å²) >= 11 is 0. The van der Waals surface area contributed by atoms with Crippen LogP contribution in [0.2, 0.25) is 0 Å². The van der Waals surface area contributed by atoms with Gasteiger partial charge in [0.15, 0.2) is 0 Å². The number of amides is 2. The van der Waals surface area contributed by atoms with Crippen molar-refractivity contribution in [3.63, 3.8) is 0 Å². The van der Waals surface area contributed by atoms with E-state index in [1.165, 1.54) is 0 Å². The van der Waals surface area contributed by atoms with Crippen LogP contribution in [0.15, 0.2) is 42.6 Å². The molecule has 3 N–H and O–H groups in total. The summed E-state index contributed by atoms with van der Waals surface area (Å²) in [5.41, 5.74) is 2.03. The minimum absolute atomic E-state index is 0.0550. The number of benzene rings is 1. The molecule has 182 valence electrons. The van der Waals surface area contributed by atoms with Crippen molar-refractivity contribution in [2.45, 2.75) is 57.0 Å². The number of aliphatic hydroxyl groups excluding tert-OH is 1. The lowest BCUT2D eigenvalue weighted by Crippen LogP contribution is -2.45. The number of rotatable bonds is 5. The third-order valence-electron chi connectivity index (χ3n) is 6.74. The number of esters is 1. The van der Waals surface area contributed by atoms with Gasteiger partial charge in [0, 0.05) is 36.5 Å². The molecule has 1 aromatic carbocycles. The van der Waals surface area contributed by atoms with Gasteiger partial charge in [-0.05, 0) is 43.7 Å². The van der Waals surface area contributed by atoms with Gasteiger partial charge in [0.05, 0.1) is 24.6 Å². The molecule has 1 saturated heterocycles. The van der Waals surface area contributed by atoms with E-state index in [0.717, 1.165) is 29.3 Å². The maximum atomic E-state index is 13.3. The molecule has 8 nitrogen and oxygen atoms in total. The number of para-hydroxylation sites is 1. The lowest BCUT2D eigenvalue weighted by atomic mass is 9.97. The van der Waals surface area contributed by atoms with Crippen LogP contribution >= 0.6 is 0 Å². The Hall–Kier alpha value is -3.13. The van der Waals surface area contributed by atoms with Crippen LogP contribution in [0.3, 0.4) is 0 Å². The zero-order valence-electron chi connectivity index (χ0n) is 19.4. The number of cyclic esters (lactones) is 1. The second-order valence-electron chi connectivity index (χ2n) is 9.16. The van der Waals surface area contributed by atoms with Crippen molar-refractivity contribution in [3.8, 4) is 0 Å². The van der Waals surface area contributed by atoms with Crippen LogP contribution in [-0.4, -0.2) is 64.6 Å². The van der Waals surface area contributed by atoms with E-state index < -0.39 is 12.0 Å². The zero-order chi connectivity index (χ0) is 23.9. The van der Waals surface area contributed by atoms with E-state index in [0.29, 0.717) is 25.8 Å². The van der Waals surface area contributed by atoms with E-state index in [1.54, 1.807) is 4.90 Å². The Morgan fingerprint density at radius 2 is 2.06 bits per heavy atom. The molecule has 0 radical (unpaired) electrons. The van der Waals surface area contributed by atoms with Gasteiger partial charge in [0.2, 0.25) is 11.8 Å². The fourth-order valence-electron chi connectivity index (χ4n) is 4.85. The van der Waals surface area contributed by atoms with Gasteiger partial charge in [-0.2, -0.15) is 0 Å². The summed E-state index contributed by atoms with van der Waals surface area (Å²) in [6.45, 7) is 0.640. The number of fused-ring (bicyclic) bond motifs is 1. The summed E-state index contributed by atoms with van der Waals surface area (Å²) in [6, 6.07) is 7.36. The first-order valence-corrected chi connectivity index (χ1v) is 12.1. The van der Waals surface area contributed by atoms with Gasteiger partial charge in [-0.25, -0.2) is 0 Å². The first-order chi connectivity index (χ1) is 16.5. The second-order valence-corrected chi connectivity index (χ2v) is 9.16. The maximum Gasteiger partial charge on any atom is 0.306 e. The number of nitrogens with one attached hydrogen (secondary N) is 2.